The van der Waals surface area contributed by atoms with E-state index in [9.17, 15) is 18.4 Å². The fourth-order valence-electron chi connectivity index (χ4n) is 6.31. The summed E-state index contributed by atoms with van der Waals surface area (Å²) in [7, 11) is -0.714. The molecule has 252 valence electrons. The summed E-state index contributed by atoms with van der Waals surface area (Å²) in [6, 6.07) is 12.2. The molecule has 0 amide bonds. The van der Waals surface area contributed by atoms with E-state index in [1.54, 1.807) is 36.1 Å². The zero-order chi connectivity index (χ0) is 34.8. The maximum absolute atomic E-state index is 13.9. The van der Waals surface area contributed by atoms with Crippen molar-refractivity contribution in [3.8, 4) is 11.3 Å². The monoisotopic (exact) mass is 677 g/mol. The zero-order valence-corrected chi connectivity index (χ0v) is 28.9. The molecule has 4 aromatic rings. The van der Waals surface area contributed by atoms with Gasteiger partial charge in [-0.15, -0.1) is 0 Å². The van der Waals surface area contributed by atoms with E-state index in [0.29, 0.717) is 50.4 Å². The Morgan fingerprint density at radius 1 is 1.02 bits per heavy atom. The van der Waals surface area contributed by atoms with Crippen molar-refractivity contribution >= 4 is 53.0 Å². The summed E-state index contributed by atoms with van der Waals surface area (Å²) in [5.74, 6) is -2.41. The smallest absolute Gasteiger partial charge is 0.440 e. The van der Waals surface area contributed by atoms with E-state index in [1.165, 1.54) is 0 Å². The molecule has 2 fully saturated rings. The summed E-state index contributed by atoms with van der Waals surface area (Å²) >= 11 is 6.38. The Labute approximate surface area is 283 Å². The lowest BCUT2D eigenvalue weighted by Gasteiger charge is -2.33. The molecule has 0 bridgehead atoms. The number of aldehydes is 1. The summed E-state index contributed by atoms with van der Waals surface area (Å²) in [5, 5.41) is 4.20. The summed E-state index contributed by atoms with van der Waals surface area (Å²) in [4.78, 5) is 32.3. The lowest BCUT2D eigenvalue weighted by Crippen LogP contribution is -2.41. The topological polar surface area (TPSA) is 93.9 Å². The van der Waals surface area contributed by atoms with Gasteiger partial charge in [-0.2, -0.15) is 0 Å². The van der Waals surface area contributed by atoms with Crippen molar-refractivity contribution in [2.24, 2.45) is 0 Å². The van der Waals surface area contributed by atoms with Crippen LogP contribution in [0.2, 0.25) is 5.15 Å². The molecule has 2 aromatic heterocycles. The van der Waals surface area contributed by atoms with Gasteiger partial charge in [0.15, 0.2) is 5.43 Å². The van der Waals surface area contributed by atoms with E-state index in [1.807, 2.05) is 59.7 Å². The van der Waals surface area contributed by atoms with Crippen LogP contribution >= 0.6 is 11.6 Å². The second-order valence-corrected chi connectivity index (χ2v) is 14.3. The maximum atomic E-state index is 13.9. The minimum Gasteiger partial charge on any atom is -0.440 e. The van der Waals surface area contributed by atoms with Crippen LogP contribution in [0.5, 0.6) is 0 Å². The Kier molecular flexibility index (Phi) is 8.71. The van der Waals surface area contributed by atoms with Crippen LogP contribution in [0.3, 0.4) is 0 Å². The van der Waals surface area contributed by atoms with E-state index in [2.05, 4.69) is 10.3 Å². The number of fused-ring (bicyclic) bond motifs is 1. The minimum absolute atomic E-state index is 0.0905. The molecule has 8 nitrogen and oxygen atoms in total. The number of aryl methyl sites for hydroxylation is 1. The molecule has 0 spiro atoms. The van der Waals surface area contributed by atoms with Crippen molar-refractivity contribution in [1.82, 2.24) is 4.98 Å². The molecule has 0 aliphatic carbocycles. The number of nitrogens with one attached hydrogen (secondary N) is 1. The molecular formula is C36H39BClF2N3O5. The zero-order valence-electron chi connectivity index (χ0n) is 28.2. The fourth-order valence-corrected chi connectivity index (χ4v) is 6.46. The van der Waals surface area contributed by atoms with Crippen LogP contribution in [0.1, 0.15) is 80.6 Å². The van der Waals surface area contributed by atoms with Crippen molar-refractivity contribution in [1.29, 1.82) is 0 Å². The molecule has 6 rings (SSSR count). The molecule has 2 saturated heterocycles. The van der Waals surface area contributed by atoms with Crippen LogP contribution < -0.4 is 21.1 Å². The molecule has 12 heteroatoms. The van der Waals surface area contributed by atoms with Gasteiger partial charge in [0.25, 0.3) is 5.92 Å². The van der Waals surface area contributed by atoms with E-state index >= 15 is 0 Å². The van der Waals surface area contributed by atoms with Crippen molar-refractivity contribution in [3.63, 3.8) is 0 Å². The van der Waals surface area contributed by atoms with E-state index in [0.717, 1.165) is 17.4 Å². The first-order valence-electron chi connectivity index (χ1n) is 16.1. The molecule has 1 unspecified atom stereocenters. The lowest BCUT2D eigenvalue weighted by atomic mass is 9.75. The molecule has 2 aliphatic rings. The number of benzene rings is 2. The number of anilines is 2. The van der Waals surface area contributed by atoms with Crippen LogP contribution in [0.4, 0.5) is 20.4 Å². The molecular weight excluding hydrogens is 639 g/mol. The largest absolute Gasteiger partial charge is 0.495 e. The van der Waals surface area contributed by atoms with Crippen LogP contribution in [0.25, 0.3) is 22.2 Å². The Morgan fingerprint density at radius 2 is 1.69 bits per heavy atom. The average molecular weight is 678 g/mol. The van der Waals surface area contributed by atoms with E-state index in [-0.39, 0.29) is 36.5 Å². The highest BCUT2D eigenvalue weighted by atomic mass is 35.5. The van der Waals surface area contributed by atoms with Crippen LogP contribution in [0, 0.1) is 13.8 Å². The Bertz CT molecular complexity index is 1960. The Hall–Kier alpha value is -3.80. The number of carbonyl (C=O) groups is 1. The van der Waals surface area contributed by atoms with Gasteiger partial charge in [0, 0.05) is 42.6 Å². The summed E-state index contributed by atoms with van der Waals surface area (Å²) in [5.41, 5.74) is 3.84. The van der Waals surface area contributed by atoms with Gasteiger partial charge in [-0.1, -0.05) is 29.8 Å². The second-order valence-electron chi connectivity index (χ2n) is 13.9. The van der Waals surface area contributed by atoms with Gasteiger partial charge >= 0.3 is 7.12 Å². The molecule has 2 aromatic carbocycles. The highest BCUT2D eigenvalue weighted by molar-refractivity contribution is 6.63. The third-order valence-corrected chi connectivity index (χ3v) is 10.1. The standard InChI is InChI=1S/C36H39BClF2N3O5/c1-20-16-25(32-26(17-20)31(45)21(2)33(46-32)43-14-12-36(39,40)13-15-43)22(3)41-28-10-11-29(38)42-30(28)23-8-9-27(24(18-23)19-44)37-47-34(4,5)35(6,7)48-37/h8-11,16-19,22,41H,12-15H2,1-7H3. The summed E-state index contributed by atoms with van der Waals surface area (Å²) < 4.78 is 46.7. The number of rotatable bonds is 7. The number of carbonyl (C=O) groups excluding carboxylic acids is 1. The first-order chi connectivity index (χ1) is 22.5. The predicted octanol–water partition coefficient (Wildman–Crippen LogP) is 7.65. The molecule has 0 radical (unpaired) electrons. The maximum Gasteiger partial charge on any atom is 0.495 e. The van der Waals surface area contributed by atoms with Crippen molar-refractivity contribution in [2.75, 3.05) is 23.3 Å². The first-order valence-corrected chi connectivity index (χ1v) is 16.5. The number of nitrogens with zero attached hydrogens (tertiary/aromatic N) is 2. The fraction of sp³-hybridized carbons (Fsp3) is 0.417. The van der Waals surface area contributed by atoms with Gasteiger partial charge in [0.1, 0.15) is 17.0 Å². The number of pyridine rings is 1. The third kappa shape index (κ3) is 6.23. The Balaban J connectivity index is 1.37. The van der Waals surface area contributed by atoms with Gasteiger partial charge in [0.2, 0.25) is 5.88 Å². The number of aromatic nitrogens is 1. The molecule has 48 heavy (non-hydrogen) atoms. The summed E-state index contributed by atoms with van der Waals surface area (Å²) in [6.07, 6.45) is 0.166. The summed E-state index contributed by atoms with van der Waals surface area (Å²) in [6.45, 7) is 13.5. The highest BCUT2D eigenvalue weighted by Gasteiger charge is 2.52. The van der Waals surface area contributed by atoms with Gasteiger partial charge < -0.3 is 23.9 Å². The second kappa shape index (κ2) is 12.3. The normalized spacial score (nSPS) is 19.0. The molecule has 4 heterocycles. The number of halogens is 3. The van der Waals surface area contributed by atoms with Gasteiger partial charge in [-0.25, -0.2) is 13.8 Å². The number of hydrogen-bond donors (Lipinski definition) is 1. The minimum atomic E-state index is -2.73. The highest BCUT2D eigenvalue weighted by Crippen LogP contribution is 2.39. The molecule has 1 atom stereocenters. The van der Waals surface area contributed by atoms with Gasteiger partial charge in [0.05, 0.1) is 39.6 Å². The van der Waals surface area contributed by atoms with Gasteiger partial charge in [-0.3, -0.25) is 9.59 Å². The predicted molar refractivity (Wildman–Crippen MR) is 186 cm³/mol. The van der Waals surface area contributed by atoms with Gasteiger partial charge in [-0.05, 0) is 83.8 Å². The number of alkyl halides is 2. The molecule has 2 aliphatic heterocycles. The van der Waals surface area contributed by atoms with Crippen molar-refractivity contribution < 1.29 is 27.3 Å². The Morgan fingerprint density at radius 3 is 2.33 bits per heavy atom. The first kappa shape index (κ1) is 34.1. The third-order valence-electron chi connectivity index (χ3n) is 9.84. The average Bonchev–Trinajstić information content (AvgIpc) is 3.25. The quantitative estimate of drug-likeness (QED) is 0.121. The van der Waals surface area contributed by atoms with E-state index in [4.69, 9.17) is 25.3 Å². The van der Waals surface area contributed by atoms with Crippen LogP contribution in [0.15, 0.2) is 51.7 Å². The lowest BCUT2D eigenvalue weighted by molar-refractivity contribution is -0.0225. The van der Waals surface area contributed by atoms with E-state index < -0.39 is 30.3 Å². The van der Waals surface area contributed by atoms with Crippen LogP contribution in [-0.2, 0) is 9.31 Å². The van der Waals surface area contributed by atoms with Crippen molar-refractivity contribution in [3.05, 3.63) is 80.1 Å². The number of hydrogen-bond acceptors (Lipinski definition) is 8. The SMILES string of the molecule is Cc1cc(C(C)Nc2ccc(Cl)nc2-c2ccc(B3OC(C)(C)C(C)(C)O3)c(C=O)c2)c2oc(N3CCC(F)(F)CC3)c(C)c(=O)c2c1. The number of piperidine rings is 1. The molecule has 0 saturated carbocycles. The van der Waals surface area contributed by atoms with Crippen molar-refractivity contribution in [2.45, 2.75) is 84.5 Å². The molecule has 1 N–H and O–H groups in total. The van der Waals surface area contributed by atoms with Crippen LogP contribution in [-0.4, -0.2) is 48.6 Å².